The molecule has 0 amide bonds. The van der Waals surface area contributed by atoms with E-state index in [1.165, 1.54) is 18.2 Å². The maximum atomic E-state index is 5.88. The van der Waals surface area contributed by atoms with E-state index in [9.17, 15) is 0 Å². The number of benzene rings is 1. The molecule has 3 rings (SSSR count). The molecule has 1 aromatic carbocycles. The fourth-order valence-corrected chi connectivity index (χ4v) is 2.31. The van der Waals surface area contributed by atoms with Gasteiger partial charge in [0.05, 0.1) is 0 Å². The normalized spacial score (nSPS) is 17.2. The molecule has 1 saturated heterocycles. The Labute approximate surface area is 101 Å². The van der Waals surface area contributed by atoms with Gasteiger partial charge in [0.25, 0.3) is 0 Å². The molecule has 86 valence electrons. The molecular formula is C13H16ClNO. The minimum Gasteiger partial charge on any atom is -0.461 e. The van der Waals surface area contributed by atoms with Crippen molar-refractivity contribution in [1.29, 1.82) is 0 Å². The smallest absolute Gasteiger partial charge is 0.134 e. The number of fused-ring (bicyclic) bond motifs is 1. The van der Waals surface area contributed by atoms with E-state index in [0.717, 1.165) is 24.4 Å². The van der Waals surface area contributed by atoms with Crippen LogP contribution in [0.2, 0.25) is 0 Å². The molecular weight excluding hydrogens is 222 g/mol. The van der Waals surface area contributed by atoms with E-state index in [1.807, 2.05) is 12.1 Å². The van der Waals surface area contributed by atoms with Crippen LogP contribution in [0.4, 0.5) is 0 Å². The van der Waals surface area contributed by atoms with Crippen LogP contribution in [-0.4, -0.2) is 13.1 Å². The highest BCUT2D eigenvalue weighted by Gasteiger charge is 2.18. The summed E-state index contributed by atoms with van der Waals surface area (Å²) < 4.78 is 5.88. The molecule has 3 heteroatoms. The second-order valence-corrected chi connectivity index (χ2v) is 4.21. The number of hydrogen-bond acceptors (Lipinski definition) is 2. The van der Waals surface area contributed by atoms with E-state index >= 15 is 0 Å². The van der Waals surface area contributed by atoms with Crippen LogP contribution in [0.3, 0.4) is 0 Å². The molecule has 16 heavy (non-hydrogen) atoms. The highest BCUT2D eigenvalue weighted by molar-refractivity contribution is 5.85. The monoisotopic (exact) mass is 237 g/mol. The largest absolute Gasteiger partial charge is 0.461 e. The van der Waals surface area contributed by atoms with Crippen molar-refractivity contribution in [1.82, 2.24) is 5.32 Å². The second-order valence-electron chi connectivity index (χ2n) is 4.21. The maximum absolute atomic E-state index is 5.88. The quantitative estimate of drug-likeness (QED) is 0.823. The Hall–Kier alpha value is -0.990. The lowest BCUT2D eigenvalue weighted by Crippen LogP contribution is -2.26. The third kappa shape index (κ3) is 2.08. The van der Waals surface area contributed by atoms with E-state index in [0.29, 0.717) is 5.92 Å². The number of furan rings is 1. The molecule has 1 fully saturated rings. The minimum atomic E-state index is 0. The van der Waals surface area contributed by atoms with Crippen molar-refractivity contribution in [3.8, 4) is 0 Å². The summed E-state index contributed by atoms with van der Waals surface area (Å²) in [6, 6.07) is 10.4. The first-order valence-electron chi connectivity index (χ1n) is 5.63. The van der Waals surface area contributed by atoms with Crippen LogP contribution in [0, 0.1) is 0 Å². The van der Waals surface area contributed by atoms with Gasteiger partial charge in [-0.3, -0.25) is 0 Å². The molecule has 0 aliphatic carbocycles. The van der Waals surface area contributed by atoms with E-state index in [2.05, 4.69) is 23.5 Å². The van der Waals surface area contributed by atoms with Crippen molar-refractivity contribution in [3.05, 3.63) is 36.1 Å². The summed E-state index contributed by atoms with van der Waals surface area (Å²) in [5.74, 6) is 1.77. The Bertz CT molecular complexity index is 427. The number of hydrogen-bond donors (Lipinski definition) is 1. The van der Waals surface area contributed by atoms with Crippen molar-refractivity contribution in [2.45, 2.75) is 18.8 Å². The van der Waals surface area contributed by atoms with Crippen molar-refractivity contribution < 1.29 is 4.42 Å². The number of rotatable bonds is 1. The number of halogens is 1. The molecule has 2 nitrogen and oxygen atoms in total. The first-order valence-corrected chi connectivity index (χ1v) is 5.63. The Morgan fingerprint density at radius 2 is 1.88 bits per heavy atom. The maximum Gasteiger partial charge on any atom is 0.134 e. The Morgan fingerprint density at radius 1 is 1.12 bits per heavy atom. The van der Waals surface area contributed by atoms with Crippen LogP contribution in [0.1, 0.15) is 24.5 Å². The van der Waals surface area contributed by atoms with Gasteiger partial charge in [-0.05, 0) is 38.1 Å². The molecule has 0 bridgehead atoms. The summed E-state index contributed by atoms with van der Waals surface area (Å²) in [5, 5.41) is 4.60. The zero-order valence-corrected chi connectivity index (χ0v) is 9.93. The molecule has 2 aromatic rings. The number of piperidine rings is 1. The van der Waals surface area contributed by atoms with E-state index in [-0.39, 0.29) is 12.4 Å². The highest BCUT2D eigenvalue weighted by Crippen LogP contribution is 2.30. The van der Waals surface area contributed by atoms with Gasteiger partial charge >= 0.3 is 0 Å². The standard InChI is InChI=1S/C13H15NO.ClH/c1-2-4-12-11(3-1)9-13(15-12)10-5-7-14-8-6-10;/h1-4,9-10,14H,5-8H2;1H. The molecule has 0 atom stereocenters. The summed E-state index contributed by atoms with van der Waals surface area (Å²) in [6.45, 7) is 2.23. The number of para-hydroxylation sites is 1. The van der Waals surface area contributed by atoms with Crippen molar-refractivity contribution in [2.75, 3.05) is 13.1 Å². The minimum absolute atomic E-state index is 0. The van der Waals surface area contributed by atoms with Crippen LogP contribution in [0.25, 0.3) is 11.0 Å². The van der Waals surface area contributed by atoms with Gasteiger partial charge in [-0.15, -0.1) is 12.4 Å². The van der Waals surface area contributed by atoms with E-state index in [1.54, 1.807) is 0 Å². The first-order chi connectivity index (χ1) is 7.43. The van der Waals surface area contributed by atoms with Gasteiger partial charge in [-0.2, -0.15) is 0 Å². The summed E-state index contributed by atoms with van der Waals surface area (Å²) >= 11 is 0. The van der Waals surface area contributed by atoms with Gasteiger partial charge in [0, 0.05) is 11.3 Å². The molecule has 0 spiro atoms. The van der Waals surface area contributed by atoms with Gasteiger partial charge in [-0.25, -0.2) is 0 Å². The van der Waals surface area contributed by atoms with Gasteiger partial charge in [0.1, 0.15) is 11.3 Å². The Kier molecular flexibility index (Phi) is 3.52. The lowest BCUT2D eigenvalue weighted by molar-refractivity contribution is 0.397. The van der Waals surface area contributed by atoms with Crippen LogP contribution < -0.4 is 5.32 Å². The topological polar surface area (TPSA) is 25.2 Å². The van der Waals surface area contributed by atoms with Gasteiger partial charge in [0.2, 0.25) is 0 Å². The third-order valence-corrected chi connectivity index (χ3v) is 3.19. The first kappa shape index (κ1) is 11.5. The zero-order valence-electron chi connectivity index (χ0n) is 9.11. The summed E-state index contributed by atoms with van der Waals surface area (Å²) in [7, 11) is 0. The molecule has 0 radical (unpaired) electrons. The summed E-state index contributed by atoms with van der Waals surface area (Å²) in [6.07, 6.45) is 2.39. The molecule has 1 N–H and O–H groups in total. The van der Waals surface area contributed by atoms with Crippen molar-refractivity contribution in [3.63, 3.8) is 0 Å². The Morgan fingerprint density at radius 3 is 2.62 bits per heavy atom. The molecule has 1 aliphatic heterocycles. The summed E-state index contributed by atoms with van der Waals surface area (Å²) in [4.78, 5) is 0. The fraction of sp³-hybridized carbons (Fsp3) is 0.385. The summed E-state index contributed by atoms with van der Waals surface area (Å²) in [5.41, 5.74) is 1.02. The lowest BCUT2D eigenvalue weighted by Gasteiger charge is -2.20. The van der Waals surface area contributed by atoms with Gasteiger partial charge in [0.15, 0.2) is 0 Å². The average molecular weight is 238 g/mol. The van der Waals surface area contributed by atoms with E-state index in [4.69, 9.17) is 4.42 Å². The van der Waals surface area contributed by atoms with Gasteiger partial charge in [-0.1, -0.05) is 18.2 Å². The van der Waals surface area contributed by atoms with Crippen LogP contribution in [-0.2, 0) is 0 Å². The highest BCUT2D eigenvalue weighted by atomic mass is 35.5. The average Bonchev–Trinajstić information content (AvgIpc) is 2.74. The van der Waals surface area contributed by atoms with Crippen molar-refractivity contribution in [2.24, 2.45) is 0 Å². The molecule has 0 unspecified atom stereocenters. The lowest BCUT2D eigenvalue weighted by atomic mass is 9.95. The zero-order chi connectivity index (χ0) is 10.1. The van der Waals surface area contributed by atoms with Crippen molar-refractivity contribution >= 4 is 23.4 Å². The molecule has 2 heterocycles. The van der Waals surface area contributed by atoms with Crippen LogP contribution >= 0.6 is 12.4 Å². The SMILES string of the molecule is Cl.c1ccc2oc(C3CCNCC3)cc2c1. The van der Waals surface area contributed by atoms with Crippen LogP contribution in [0.15, 0.2) is 34.7 Å². The van der Waals surface area contributed by atoms with E-state index < -0.39 is 0 Å². The Balaban J connectivity index is 0.000000963. The second kappa shape index (κ2) is 4.89. The fourth-order valence-electron chi connectivity index (χ4n) is 2.31. The predicted molar refractivity (Wildman–Crippen MR) is 68.3 cm³/mol. The third-order valence-electron chi connectivity index (χ3n) is 3.19. The number of nitrogens with one attached hydrogen (secondary N) is 1. The predicted octanol–water partition coefficient (Wildman–Crippen LogP) is 3.32. The van der Waals surface area contributed by atoms with Gasteiger partial charge < -0.3 is 9.73 Å². The molecule has 1 aliphatic rings. The van der Waals surface area contributed by atoms with Crippen LogP contribution in [0.5, 0.6) is 0 Å². The molecule has 0 saturated carbocycles. The molecule has 1 aromatic heterocycles.